The van der Waals surface area contributed by atoms with Crippen LogP contribution in [0, 0.1) is 11.3 Å². The molecule has 0 aliphatic rings. The lowest BCUT2D eigenvalue weighted by Crippen LogP contribution is -2.14. The van der Waals surface area contributed by atoms with Crippen LogP contribution in [0.3, 0.4) is 0 Å². The van der Waals surface area contributed by atoms with Gasteiger partial charge in [-0.2, -0.15) is 5.26 Å². The van der Waals surface area contributed by atoms with Crippen LogP contribution in [0.4, 0.5) is 11.4 Å². The molecule has 2 heterocycles. The second kappa shape index (κ2) is 7.11. The minimum Gasteiger partial charge on any atom is -0.467 e. The van der Waals surface area contributed by atoms with Gasteiger partial charge in [-0.3, -0.25) is 4.79 Å². The van der Waals surface area contributed by atoms with Crippen LogP contribution in [0.2, 0.25) is 0 Å². The van der Waals surface area contributed by atoms with Gasteiger partial charge in [-0.15, -0.1) is 0 Å². The Morgan fingerprint density at radius 2 is 2.04 bits per heavy atom. The Bertz CT molecular complexity index is 865. The maximum absolute atomic E-state index is 12.2. The van der Waals surface area contributed by atoms with Crippen molar-refractivity contribution in [2.75, 3.05) is 10.6 Å². The highest BCUT2D eigenvalue weighted by molar-refractivity contribution is 6.03. The van der Waals surface area contributed by atoms with Gasteiger partial charge in [0.25, 0.3) is 5.91 Å². The van der Waals surface area contributed by atoms with Crippen molar-refractivity contribution in [2.24, 2.45) is 0 Å². The van der Waals surface area contributed by atoms with Crippen LogP contribution < -0.4 is 10.6 Å². The van der Waals surface area contributed by atoms with E-state index in [1.165, 1.54) is 0 Å². The molecule has 0 spiro atoms. The van der Waals surface area contributed by atoms with E-state index >= 15 is 0 Å². The Hall–Kier alpha value is -3.59. The zero-order valence-corrected chi connectivity index (χ0v) is 12.7. The molecule has 3 rings (SSSR count). The van der Waals surface area contributed by atoms with Crippen LogP contribution >= 0.6 is 0 Å². The minimum absolute atomic E-state index is 0.270. The number of carbonyl (C=O) groups is 1. The predicted octanol–water partition coefficient (Wildman–Crippen LogP) is 3.41. The fraction of sp³-hybridized carbons (Fsp3) is 0.0556. The van der Waals surface area contributed by atoms with E-state index in [1.807, 2.05) is 18.2 Å². The number of pyridine rings is 1. The van der Waals surface area contributed by atoms with Gasteiger partial charge in [0.1, 0.15) is 17.5 Å². The lowest BCUT2D eigenvalue weighted by atomic mass is 10.2. The highest BCUT2D eigenvalue weighted by Gasteiger charge is 2.10. The SMILES string of the molecule is N#Cc1ccccc1NC(=O)c1ccc(NCc2ccco2)cn1. The number of nitrogens with one attached hydrogen (secondary N) is 2. The van der Waals surface area contributed by atoms with Gasteiger partial charge in [0.05, 0.1) is 35.9 Å². The Morgan fingerprint density at radius 1 is 1.17 bits per heavy atom. The first-order valence-corrected chi connectivity index (χ1v) is 7.29. The molecule has 0 aliphatic heterocycles. The molecular weight excluding hydrogens is 304 g/mol. The third-order valence-corrected chi connectivity index (χ3v) is 3.34. The highest BCUT2D eigenvalue weighted by atomic mass is 16.3. The van der Waals surface area contributed by atoms with Gasteiger partial charge in [0, 0.05) is 0 Å². The maximum Gasteiger partial charge on any atom is 0.274 e. The van der Waals surface area contributed by atoms with Crippen LogP contribution in [-0.4, -0.2) is 10.9 Å². The topological polar surface area (TPSA) is 91.0 Å². The van der Waals surface area contributed by atoms with Crippen molar-refractivity contribution in [3.8, 4) is 6.07 Å². The minimum atomic E-state index is -0.365. The molecule has 0 bridgehead atoms. The molecular formula is C18H14N4O2. The molecule has 0 fully saturated rings. The van der Waals surface area contributed by atoms with Gasteiger partial charge in [0.2, 0.25) is 0 Å². The Labute approximate surface area is 138 Å². The predicted molar refractivity (Wildman–Crippen MR) is 89.4 cm³/mol. The van der Waals surface area contributed by atoms with E-state index in [9.17, 15) is 4.79 Å². The summed E-state index contributed by atoms with van der Waals surface area (Å²) in [4.78, 5) is 16.4. The molecule has 0 saturated heterocycles. The van der Waals surface area contributed by atoms with E-state index in [0.29, 0.717) is 17.8 Å². The molecule has 0 aliphatic carbocycles. The largest absolute Gasteiger partial charge is 0.467 e. The average Bonchev–Trinajstić information content (AvgIpc) is 3.14. The number of amides is 1. The lowest BCUT2D eigenvalue weighted by Gasteiger charge is -2.07. The zero-order valence-electron chi connectivity index (χ0n) is 12.7. The van der Waals surface area contributed by atoms with E-state index in [1.54, 1.807) is 48.9 Å². The van der Waals surface area contributed by atoms with Crippen molar-refractivity contribution in [1.29, 1.82) is 5.26 Å². The summed E-state index contributed by atoms with van der Waals surface area (Å²) in [6.07, 6.45) is 3.19. The van der Waals surface area contributed by atoms with Crippen LogP contribution in [0.15, 0.2) is 65.4 Å². The van der Waals surface area contributed by atoms with E-state index in [-0.39, 0.29) is 11.6 Å². The van der Waals surface area contributed by atoms with Gasteiger partial charge < -0.3 is 15.1 Å². The third kappa shape index (κ3) is 3.59. The van der Waals surface area contributed by atoms with Crippen LogP contribution in [0.5, 0.6) is 0 Å². The molecule has 2 aromatic heterocycles. The number of nitrogens with zero attached hydrogens (tertiary/aromatic N) is 2. The van der Waals surface area contributed by atoms with Crippen LogP contribution in [0.25, 0.3) is 0 Å². The number of rotatable bonds is 5. The van der Waals surface area contributed by atoms with E-state index < -0.39 is 0 Å². The zero-order chi connectivity index (χ0) is 16.8. The van der Waals surface area contributed by atoms with Crippen molar-refractivity contribution in [3.63, 3.8) is 0 Å². The van der Waals surface area contributed by atoms with Gasteiger partial charge in [0.15, 0.2) is 0 Å². The molecule has 1 amide bonds. The first-order valence-electron chi connectivity index (χ1n) is 7.29. The summed E-state index contributed by atoms with van der Waals surface area (Å²) in [7, 11) is 0. The monoisotopic (exact) mass is 318 g/mol. The van der Waals surface area contributed by atoms with Gasteiger partial charge in [-0.05, 0) is 36.4 Å². The van der Waals surface area contributed by atoms with E-state index in [4.69, 9.17) is 9.68 Å². The van der Waals surface area contributed by atoms with Crippen LogP contribution in [-0.2, 0) is 6.54 Å². The molecule has 3 aromatic rings. The molecule has 6 heteroatoms. The van der Waals surface area contributed by atoms with E-state index in [2.05, 4.69) is 15.6 Å². The van der Waals surface area contributed by atoms with Crippen LogP contribution in [0.1, 0.15) is 21.8 Å². The summed E-state index contributed by atoms with van der Waals surface area (Å²) < 4.78 is 5.23. The normalized spacial score (nSPS) is 9.96. The fourth-order valence-corrected chi connectivity index (χ4v) is 2.11. The molecule has 24 heavy (non-hydrogen) atoms. The standard InChI is InChI=1S/C18H14N4O2/c19-10-13-4-1-2-6-16(13)22-18(23)17-8-7-14(11-21-17)20-12-15-5-3-9-24-15/h1-9,11,20H,12H2,(H,22,23). The van der Waals surface area contributed by atoms with Gasteiger partial charge in [-0.1, -0.05) is 12.1 Å². The second-order valence-electron chi connectivity index (χ2n) is 4.98. The summed E-state index contributed by atoms with van der Waals surface area (Å²) in [6.45, 7) is 0.537. The third-order valence-electron chi connectivity index (χ3n) is 3.34. The Kier molecular flexibility index (Phi) is 4.54. The number of para-hydroxylation sites is 1. The van der Waals surface area contributed by atoms with Crippen molar-refractivity contribution in [3.05, 3.63) is 78.0 Å². The number of hydrogen-bond donors (Lipinski definition) is 2. The van der Waals surface area contributed by atoms with Gasteiger partial charge >= 0.3 is 0 Å². The van der Waals surface area contributed by atoms with Gasteiger partial charge in [-0.25, -0.2) is 4.98 Å². The maximum atomic E-state index is 12.2. The number of nitriles is 1. The molecule has 2 N–H and O–H groups in total. The van der Waals surface area contributed by atoms with E-state index in [0.717, 1.165) is 11.4 Å². The van der Waals surface area contributed by atoms with Crippen molar-refractivity contribution in [1.82, 2.24) is 4.98 Å². The molecule has 0 atom stereocenters. The Balaban J connectivity index is 1.64. The summed E-state index contributed by atoms with van der Waals surface area (Å²) in [6, 6.07) is 15.9. The smallest absolute Gasteiger partial charge is 0.274 e. The first kappa shape index (κ1) is 15.3. The van der Waals surface area contributed by atoms with Crippen molar-refractivity contribution < 1.29 is 9.21 Å². The van der Waals surface area contributed by atoms with Crippen molar-refractivity contribution in [2.45, 2.75) is 6.54 Å². The lowest BCUT2D eigenvalue weighted by molar-refractivity contribution is 0.102. The molecule has 118 valence electrons. The number of aromatic nitrogens is 1. The number of benzene rings is 1. The van der Waals surface area contributed by atoms with Crippen molar-refractivity contribution >= 4 is 17.3 Å². The summed E-state index contributed by atoms with van der Waals surface area (Å²) in [5.74, 6) is 0.445. The number of anilines is 2. The molecule has 0 radical (unpaired) electrons. The molecule has 0 saturated carbocycles. The molecule has 1 aromatic carbocycles. The Morgan fingerprint density at radius 3 is 2.75 bits per heavy atom. The quantitative estimate of drug-likeness (QED) is 0.752. The average molecular weight is 318 g/mol. The molecule has 0 unspecified atom stereocenters. The highest BCUT2D eigenvalue weighted by Crippen LogP contribution is 2.15. The summed E-state index contributed by atoms with van der Waals surface area (Å²) in [5.41, 5.74) is 1.92. The first-order chi connectivity index (χ1) is 11.8. The second-order valence-corrected chi connectivity index (χ2v) is 4.98. The summed E-state index contributed by atoms with van der Waals surface area (Å²) in [5, 5.41) is 14.9. The number of carbonyl (C=O) groups excluding carboxylic acids is 1. The fourth-order valence-electron chi connectivity index (χ4n) is 2.11. The molecule has 6 nitrogen and oxygen atoms in total. The number of hydrogen-bond acceptors (Lipinski definition) is 5. The summed E-state index contributed by atoms with van der Waals surface area (Å²) >= 11 is 0. The number of furan rings is 1.